The van der Waals surface area contributed by atoms with E-state index < -0.39 is 0 Å². The summed E-state index contributed by atoms with van der Waals surface area (Å²) in [5.41, 5.74) is 9.23. The molecule has 130 valence electrons. The Morgan fingerprint density at radius 2 is 1.88 bits per heavy atom. The maximum absolute atomic E-state index is 5.76. The van der Waals surface area contributed by atoms with Crippen LogP contribution < -0.4 is 5.73 Å². The van der Waals surface area contributed by atoms with Crippen molar-refractivity contribution in [1.29, 1.82) is 0 Å². The SMILES string of the molecule is Cc1cccc(-c2noc(CN(CCN)CCc3ccccc3)n2)c1. The Morgan fingerprint density at radius 3 is 2.64 bits per heavy atom. The molecule has 25 heavy (non-hydrogen) atoms. The highest BCUT2D eigenvalue weighted by Crippen LogP contribution is 2.17. The van der Waals surface area contributed by atoms with Crippen LogP contribution in [0.25, 0.3) is 11.4 Å². The summed E-state index contributed by atoms with van der Waals surface area (Å²) < 4.78 is 5.44. The third kappa shape index (κ3) is 4.98. The summed E-state index contributed by atoms with van der Waals surface area (Å²) >= 11 is 0. The second kappa shape index (κ2) is 8.55. The first-order chi connectivity index (χ1) is 12.2. The van der Waals surface area contributed by atoms with E-state index >= 15 is 0 Å². The van der Waals surface area contributed by atoms with E-state index in [-0.39, 0.29) is 0 Å². The fourth-order valence-corrected chi connectivity index (χ4v) is 2.80. The molecule has 2 aromatic carbocycles. The number of rotatable bonds is 8. The monoisotopic (exact) mass is 336 g/mol. The predicted molar refractivity (Wildman–Crippen MR) is 98.9 cm³/mol. The molecule has 0 bridgehead atoms. The Kier molecular flexibility index (Phi) is 5.93. The molecular weight excluding hydrogens is 312 g/mol. The van der Waals surface area contributed by atoms with Crippen molar-refractivity contribution in [3.63, 3.8) is 0 Å². The maximum Gasteiger partial charge on any atom is 0.241 e. The Morgan fingerprint density at radius 1 is 1.04 bits per heavy atom. The van der Waals surface area contributed by atoms with Gasteiger partial charge in [0.25, 0.3) is 0 Å². The molecule has 3 rings (SSSR count). The number of hydrogen-bond acceptors (Lipinski definition) is 5. The van der Waals surface area contributed by atoms with Crippen molar-refractivity contribution in [2.45, 2.75) is 19.9 Å². The van der Waals surface area contributed by atoms with Crippen LogP contribution in [0.3, 0.4) is 0 Å². The molecule has 2 N–H and O–H groups in total. The van der Waals surface area contributed by atoms with Gasteiger partial charge in [-0.25, -0.2) is 0 Å². The van der Waals surface area contributed by atoms with Crippen LogP contribution in [0.1, 0.15) is 17.0 Å². The van der Waals surface area contributed by atoms with Gasteiger partial charge >= 0.3 is 0 Å². The van der Waals surface area contributed by atoms with Gasteiger partial charge in [0.1, 0.15) is 0 Å². The summed E-state index contributed by atoms with van der Waals surface area (Å²) in [7, 11) is 0. The molecule has 0 aliphatic rings. The minimum Gasteiger partial charge on any atom is -0.338 e. The Hall–Kier alpha value is -2.50. The van der Waals surface area contributed by atoms with Crippen LogP contribution in [0.2, 0.25) is 0 Å². The van der Waals surface area contributed by atoms with Gasteiger partial charge in [-0.15, -0.1) is 0 Å². The summed E-state index contributed by atoms with van der Waals surface area (Å²) in [5, 5.41) is 4.11. The minimum absolute atomic E-state index is 0.605. The molecule has 0 atom stereocenters. The lowest BCUT2D eigenvalue weighted by molar-refractivity contribution is 0.234. The summed E-state index contributed by atoms with van der Waals surface area (Å²) in [4.78, 5) is 6.79. The van der Waals surface area contributed by atoms with E-state index in [1.807, 2.05) is 18.2 Å². The van der Waals surface area contributed by atoms with Crippen LogP contribution in [0.15, 0.2) is 59.1 Å². The number of benzene rings is 2. The molecule has 0 fully saturated rings. The molecule has 5 nitrogen and oxygen atoms in total. The molecule has 0 spiro atoms. The van der Waals surface area contributed by atoms with Gasteiger partial charge in [0, 0.05) is 25.2 Å². The van der Waals surface area contributed by atoms with Crippen molar-refractivity contribution in [1.82, 2.24) is 15.0 Å². The van der Waals surface area contributed by atoms with Crippen molar-refractivity contribution in [3.05, 3.63) is 71.6 Å². The molecule has 1 heterocycles. The van der Waals surface area contributed by atoms with Crippen molar-refractivity contribution < 1.29 is 4.52 Å². The maximum atomic E-state index is 5.76. The lowest BCUT2D eigenvalue weighted by Crippen LogP contribution is -2.31. The number of aryl methyl sites for hydroxylation is 1. The second-order valence-corrected chi connectivity index (χ2v) is 6.18. The first kappa shape index (κ1) is 17.3. The molecule has 0 radical (unpaired) electrons. The highest BCUT2D eigenvalue weighted by molar-refractivity contribution is 5.55. The third-order valence-electron chi connectivity index (χ3n) is 4.11. The van der Waals surface area contributed by atoms with Crippen LogP contribution in [0.4, 0.5) is 0 Å². The summed E-state index contributed by atoms with van der Waals surface area (Å²) in [6.07, 6.45) is 0.972. The fraction of sp³-hybridized carbons (Fsp3) is 0.300. The van der Waals surface area contributed by atoms with E-state index in [0.29, 0.717) is 24.8 Å². The van der Waals surface area contributed by atoms with Crippen molar-refractivity contribution in [2.24, 2.45) is 5.73 Å². The lowest BCUT2D eigenvalue weighted by atomic mass is 10.1. The van der Waals surface area contributed by atoms with Gasteiger partial charge in [0.05, 0.1) is 6.54 Å². The number of aromatic nitrogens is 2. The highest BCUT2D eigenvalue weighted by Gasteiger charge is 2.13. The molecule has 1 aromatic heterocycles. The van der Waals surface area contributed by atoms with Crippen LogP contribution in [0, 0.1) is 6.92 Å². The molecule has 5 heteroatoms. The van der Waals surface area contributed by atoms with Gasteiger partial charge in [-0.1, -0.05) is 59.3 Å². The molecule has 0 aliphatic heterocycles. The molecule has 0 saturated carbocycles. The van der Waals surface area contributed by atoms with Crippen LogP contribution >= 0.6 is 0 Å². The summed E-state index contributed by atoms with van der Waals surface area (Å²) in [6.45, 7) is 4.98. The summed E-state index contributed by atoms with van der Waals surface area (Å²) in [5.74, 6) is 1.26. The topological polar surface area (TPSA) is 68.2 Å². The zero-order valence-corrected chi connectivity index (χ0v) is 14.6. The van der Waals surface area contributed by atoms with Gasteiger partial charge in [-0.2, -0.15) is 4.98 Å². The largest absolute Gasteiger partial charge is 0.338 e. The zero-order valence-electron chi connectivity index (χ0n) is 14.6. The first-order valence-corrected chi connectivity index (χ1v) is 8.60. The van der Waals surface area contributed by atoms with Crippen molar-refractivity contribution >= 4 is 0 Å². The molecule has 0 amide bonds. The Labute approximate surface area is 148 Å². The van der Waals surface area contributed by atoms with E-state index in [4.69, 9.17) is 10.3 Å². The third-order valence-corrected chi connectivity index (χ3v) is 4.11. The zero-order chi connectivity index (χ0) is 17.5. The minimum atomic E-state index is 0.605. The van der Waals surface area contributed by atoms with E-state index in [9.17, 15) is 0 Å². The second-order valence-electron chi connectivity index (χ2n) is 6.18. The fourth-order valence-electron chi connectivity index (χ4n) is 2.80. The van der Waals surface area contributed by atoms with Gasteiger partial charge < -0.3 is 10.3 Å². The van der Waals surface area contributed by atoms with Crippen LogP contribution in [-0.4, -0.2) is 34.7 Å². The van der Waals surface area contributed by atoms with Crippen LogP contribution in [0.5, 0.6) is 0 Å². The van der Waals surface area contributed by atoms with E-state index in [1.54, 1.807) is 0 Å². The Balaban J connectivity index is 1.64. The van der Waals surface area contributed by atoms with E-state index in [1.165, 1.54) is 11.1 Å². The van der Waals surface area contributed by atoms with E-state index in [0.717, 1.165) is 25.1 Å². The molecule has 3 aromatic rings. The standard InChI is InChI=1S/C20H24N4O/c1-16-6-5-9-18(14-16)20-22-19(25-23-20)15-24(13-11-21)12-10-17-7-3-2-4-8-17/h2-9,14H,10-13,15,21H2,1H3. The van der Waals surface area contributed by atoms with Gasteiger partial charge in [0.15, 0.2) is 0 Å². The summed E-state index contributed by atoms with van der Waals surface area (Å²) in [6, 6.07) is 18.6. The van der Waals surface area contributed by atoms with Crippen molar-refractivity contribution in [3.8, 4) is 11.4 Å². The highest BCUT2D eigenvalue weighted by atomic mass is 16.5. The van der Waals surface area contributed by atoms with Gasteiger partial charge in [-0.3, -0.25) is 4.90 Å². The van der Waals surface area contributed by atoms with Gasteiger partial charge in [0.2, 0.25) is 11.7 Å². The Bertz CT molecular complexity index is 785. The molecule has 0 aliphatic carbocycles. The normalized spacial score (nSPS) is 11.2. The smallest absolute Gasteiger partial charge is 0.241 e. The number of hydrogen-bond donors (Lipinski definition) is 1. The molecule has 0 unspecified atom stereocenters. The molecule has 0 saturated heterocycles. The lowest BCUT2D eigenvalue weighted by Gasteiger charge is -2.19. The average molecular weight is 336 g/mol. The van der Waals surface area contributed by atoms with E-state index in [2.05, 4.69) is 58.4 Å². The van der Waals surface area contributed by atoms with Crippen LogP contribution in [-0.2, 0) is 13.0 Å². The quantitative estimate of drug-likeness (QED) is 0.685. The first-order valence-electron chi connectivity index (χ1n) is 8.60. The number of nitrogens with two attached hydrogens (primary N) is 1. The average Bonchev–Trinajstić information content (AvgIpc) is 3.09. The number of nitrogens with zero attached hydrogens (tertiary/aromatic N) is 3. The molecular formula is C20H24N4O. The van der Waals surface area contributed by atoms with Gasteiger partial charge in [-0.05, 0) is 25.0 Å². The predicted octanol–water partition coefficient (Wildman–Crippen LogP) is 3.05. The van der Waals surface area contributed by atoms with Crippen molar-refractivity contribution in [2.75, 3.05) is 19.6 Å².